The van der Waals surface area contributed by atoms with Crippen LogP contribution < -0.4 is 10.5 Å². The normalized spacial score (nSPS) is 11.6. The Hall–Kier alpha value is -0.880. The maximum absolute atomic E-state index is 12.1. The van der Waals surface area contributed by atoms with Crippen molar-refractivity contribution in [2.24, 2.45) is 5.73 Å². The van der Waals surface area contributed by atoms with Crippen molar-refractivity contribution >= 4 is 11.8 Å². The lowest BCUT2D eigenvalue weighted by atomic mass is 10.1. The van der Waals surface area contributed by atoms with Crippen LogP contribution in [0.4, 0.5) is 13.2 Å². The highest BCUT2D eigenvalue weighted by Gasteiger charge is 2.31. The topological polar surface area (TPSA) is 35.2 Å². The van der Waals surface area contributed by atoms with Crippen LogP contribution in [0.3, 0.4) is 0 Å². The molecule has 1 aromatic rings. The molecule has 6 heteroatoms. The second-order valence-corrected chi connectivity index (χ2v) is 4.65. The molecule has 0 atom stereocenters. The average Bonchev–Trinajstić information content (AvgIpc) is 2.14. The number of aryl methyl sites for hydroxylation is 1. The Bertz CT molecular complexity index is 368. The van der Waals surface area contributed by atoms with E-state index in [4.69, 9.17) is 5.73 Å². The van der Waals surface area contributed by atoms with Gasteiger partial charge in [0.05, 0.1) is 0 Å². The maximum Gasteiger partial charge on any atom is 0.573 e. The summed E-state index contributed by atoms with van der Waals surface area (Å²) in [6.07, 6.45) is -4.64. The summed E-state index contributed by atoms with van der Waals surface area (Å²) in [4.78, 5) is 0. The van der Waals surface area contributed by atoms with Crippen molar-refractivity contribution in [3.8, 4) is 5.75 Å². The van der Waals surface area contributed by atoms with E-state index < -0.39 is 6.36 Å². The third kappa shape index (κ3) is 5.83. The monoisotopic (exact) mass is 265 g/mol. The van der Waals surface area contributed by atoms with Crippen molar-refractivity contribution in [3.05, 3.63) is 29.3 Å². The first-order valence-corrected chi connectivity index (χ1v) is 6.20. The summed E-state index contributed by atoms with van der Waals surface area (Å²) in [6.45, 7) is 2.29. The molecule has 0 aromatic heterocycles. The molecule has 2 N–H and O–H groups in total. The third-order valence-corrected chi connectivity index (χ3v) is 2.94. The highest BCUT2D eigenvalue weighted by atomic mass is 32.2. The SMILES string of the molecule is Cc1cc(CSCCN)cc(OC(F)(F)F)c1. The van der Waals surface area contributed by atoms with E-state index >= 15 is 0 Å². The van der Waals surface area contributed by atoms with Gasteiger partial charge in [0.2, 0.25) is 0 Å². The van der Waals surface area contributed by atoms with E-state index in [9.17, 15) is 13.2 Å². The number of hydrogen-bond acceptors (Lipinski definition) is 3. The lowest BCUT2D eigenvalue weighted by molar-refractivity contribution is -0.274. The Labute approximate surface area is 102 Å². The van der Waals surface area contributed by atoms with E-state index in [-0.39, 0.29) is 5.75 Å². The van der Waals surface area contributed by atoms with Gasteiger partial charge in [-0.05, 0) is 30.2 Å². The standard InChI is InChI=1S/C11H14F3NOS/c1-8-4-9(7-17-3-2-15)6-10(5-8)16-11(12,13)14/h4-6H,2-3,7,15H2,1H3. The molecule has 0 saturated heterocycles. The molecule has 0 bridgehead atoms. The Morgan fingerprint density at radius 1 is 1.29 bits per heavy atom. The average molecular weight is 265 g/mol. The van der Waals surface area contributed by atoms with Crippen LogP contribution in [-0.4, -0.2) is 18.7 Å². The first kappa shape index (κ1) is 14.2. The van der Waals surface area contributed by atoms with Crippen molar-refractivity contribution in [1.82, 2.24) is 0 Å². The van der Waals surface area contributed by atoms with Gasteiger partial charge in [-0.2, -0.15) is 11.8 Å². The predicted octanol–water partition coefficient (Wildman–Crippen LogP) is 3.09. The number of benzene rings is 1. The maximum atomic E-state index is 12.1. The van der Waals surface area contributed by atoms with Crippen LogP contribution in [0.25, 0.3) is 0 Å². The molecule has 1 rings (SSSR count). The summed E-state index contributed by atoms with van der Waals surface area (Å²) in [5.41, 5.74) is 6.89. The van der Waals surface area contributed by atoms with Crippen LogP contribution in [0.2, 0.25) is 0 Å². The molecule has 0 fully saturated rings. The molecule has 0 radical (unpaired) electrons. The molecule has 2 nitrogen and oxygen atoms in total. The molecule has 0 heterocycles. The Morgan fingerprint density at radius 3 is 2.59 bits per heavy atom. The molecule has 0 saturated carbocycles. The fourth-order valence-electron chi connectivity index (χ4n) is 1.37. The fraction of sp³-hybridized carbons (Fsp3) is 0.455. The summed E-state index contributed by atoms with van der Waals surface area (Å²) in [6, 6.07) is 4.61. The molecule has 0 aliphatic rings. The van der Waals surface area contributed by atoms with E-state index in [2.05, 4.69) is 4.74 Å². The first-order chi connectivity index (χ1) is 7.90. The molecular weight excluding hydrogens is 251 g/mol. The zero-order chi connectivity index (χ0) is 12.9. The van der Waals surface area contributed by atoms with Crippen molar-refractivity contribution in [1.29, 1.82) is 0 Å². The van der Waals surface area contributed by atoms with Gasteiger partial charge in [0.25, 0.3) is 0 Å². The van der Waals surface area contributed by atoms with Gasteiger partial charge in [-0.25, -0.2) is 0 Å². The van der Waals surface area contributed by atoms with Crippen LogP contribution in [0.5, 0.6) is 5.75 Å². The van der Waals surface area contributed by atoms with Gasteiger partial charge < -0.3 is 10.5 Å². The molecule has 96 valence electrons. The minimum absolute atomic E-state index is 0.166. The molecule has 0 aliphatic heterocycles. The van der Waals surface area contributed by atoms with Gasteiger partial charge in [-0.15, -0.1) is 13.2 Å². The van der Waals surface area contributed by atoms with Crippen LogP contribution in [0.15, 0.2) is 18.2 Å². The summed E-state index contributed by atoms with van der Waals surface area (Å²) >= 11 is 1.58. The van der Waals surface area contributed by atoms with E-state index in [1.165, 1.54) is 12.1 Å². The summed E-state index contributed by atoms with van der Waals surface area (Å²) in [7, 11) is 0. The lowest BCUT2D eigenvalue weighted by Crippen LogP contribution is -2.17. The summed E-state index contributed by atoms with van der Waals surface area (Å²) in [5.74, 6) is 1.25. The van der Waals surface area contributed by atoms with Crippen molar-refractivity contribution in [3.63, 3.8) is 0 Å². The van der Waals surface area contributed by atoms with E-state index in [1.807, 2.05) is 6.07 Å². The number of nitrogens with two attached hydrogens (primary N) is 1. The largest absolute Gasteiger partial charge is 0.573 e. The van der Waals surface area contributed by atoms with Crippen molar-refractivity contribution in [2.75, 3.05) is 12.3 Å². The Kier molecular flexibility index (Phi) is 5.14. The Balaban J connectivity index is 2.72. The van der Waals surface area contributed by atoms with Gasteiger partial charge in [-0.1, -0.05) is 6.07 Å². The number of halogens is 3. The zero-order valence-electron chi connectivity index (χ0n) is 9.38. The van der Waals surface area contributed by atoms with E-state index in [1.54, 1.807) is 18.7 Å². The highest BCUT2D eigenvalue weighted by Crippen LogP contribution is 2.26. The minimum Gasteiger partial charge on any atom is -0.406 e. The van der Waals surface area contributed by atoms with E-state index in [0.29, 0.717) is 12.3 Å². The van der Waals surface area contributed by atoms with Gasteiger partial charge in [-0.3, -0.25) is 0 Å². The number of alkyl halides is 3. The van der Waals surface area contributed by atoms with Crippen LogP contribution in [-0.2, 0) is 5.75 Å². The van der Waals surface area contributed by atoms with Crippen LogP contribution in [0, 0.1) is 6.92 Å². The highest BCUT2D eigenvalue weighted by molar-refractivity contribution is 7.98. The smallest absolute Gasteiger partial charge is 0.406 e. The fourth-order valence-corrected chi connectivity index (χ4v) is 2.09. The first-order valence-electron chi connectivity index (χ1n) is 5.05. The molecule has 0 unspecified atom stereocenters. The van der Waals surface area contributed by atoms with Gasteiger partial charge in [0, 0.05) is 18.1 Å². The number of thioether (sulfide) groups is 1. The predicted molar refractivity (Wildman–Crippen MR) is 63.1 cm³/mol. The van der Waals surface area contributed by atoms with Crippen LogP contribution in [0.1, 0.15) is 11.1 Å². The molecule has 1 aromatic carbocycles. The molecular formula is C11H14F3NOS. The van der Waals surface area contributed by atoms with E-state index in [0.717, 1.165) is 16.9 Å². The molecule has 17 heavy (non-hydrogen) atoms. The number of rotatable bonds is 5. The third-order valence-electron chi connectivity index (χ3n) is 1.88. The van der Waals surface area contributed by atoms with Gasteiger partial charge >= 0.3 is 6.36 Å². The summed E-state index contributed by atoms with van der Waals surface area (Å²) < 4.78 is 40.1. The van der Waals surface area contributed by atoms with Gasteiger partial charge in [0.1, 0.15) is 5.75 Å². The van der Waals surface area contributed by atoms with Crippen molar-refractivity contribution in [2.45, 2.75) is 19.0 Å². The molecule has 0 spiro atoms. The van der Waals surface area contributed by atoms with Gasteiger partial charge in [0.15, 0.2) is 0 Å². The number of hydrogen-bond donors (Lipinski definition) is 1. The zero-order valence-corrected chi connectivity index (χ0v) is 10.2. The molecule has 0 aliphatic carbocycles. The second kappa shape index (κ2) is 6.16. The summed E-state index contributed by atoms with van der Waals surface area (Å²) in [5, 5.41) is 0. The molecule has 0 amide bonds. The Morgan fingerprint density at radius 2 is 2.00 bits per heavy atom. The number of ether oxygens (including phenoxy) is 1. The van der Waals surface area contributed by atoms with Crippen LogP contribution >= 0.6 is 11.8 Å². The van der Waals surface area contributed by atoms with Crippen molar-refractivity contribution < 1.29 is 17.9 Å². The minimum atomic E-state index is -4.64. The quantitative estimate of drug-likeness (QED) is 0.831. The second-order valence-electron chi connectivity index (χ2n) is 3.54. The lowest BCUT2D eigenvalue weighted by Gasteiger charge is -2.11.